The second kappa shape index (κ2) is 10.3. The molecule has 0 aliphatic carbocycles. The third-order valence-electron chi connectivity index (χ3n) is 5.63. The molecule has 0 fully saturated rings. The van der Waals surface area contributed by atoms with Crippen molar-refractivity contribution in [3.05, 3.63) is 82.3 Å². The molecule has 1 aromatic heterocycles. The van der Waals surface area contributed by atoms with Gasteiger partial charge < -0.3 is 14.8 Å². The number of nitrogens with one attached hydrogen (secondary N) is 1. The summed E-state index contributed by atoms with van der Waals surface area (Å²) < 4.78 is 1.83. The average molecular weight is 495 g/mol. The smallest absolute Gasteiger partial charge is 0.244 e. The largest absolute Gasteiger partial charge is 0.339 e. The van der Waals surface area contributed by atoms with Gasteiger partial charge in [-0.3, -0.25) is 9.59 Å². The van der Waals surface area contributed by atoms with Gasteiger partial charge in [-0.1, -0.05) is 59.6 Å². The molecule has 8 heteroatoms. The molecule has 3 aromatic carbocycles. The van der Waals surface area contributed by atoms with Crippen molar-refractivity contribution in [2.75, 3.05) is 11.9 Å². The molecule has 4 aromatic rings. The first-order valence-electron chi connectivity index (χ1n) is 10.9. The van der Waals surface area contributed by atoms with Crippen LogP contribution in [-0.4, -0.2) is 32.8 Å². The monoisotopic (exact) mass is 494 g/mol. The van der Waals surface area contributed by atoms with Gasteiger partial charge in [-0.25, -0.2) is 4.98 Å². The number of amides is 2. The Morgan fingerprint density at radius 1 is 1.00 bits per heavy atom. The summed E-state index contributed by atoms with van der Waals surface area (Å²) in [7, 11) is 0. The summed E-state index contributed by atoms with van der Waals surface area (Å²) in [5.41, 5.74) is 3.74. The van der Waals surface area contributed by atoms with Crippen molar-refractivity contribution in [3.63, 3.8) is 0 Å². The first-order chi connectivity index (χ1) is 16.4. The van der Waals surface area contributed by atoms with Gasteiger partial charge in [0.25, 0.3) is 0 Å². The molecular formula is C26H24Cl2N4O2. The zero-order valence-corrected chi connectivity index (χ0v) is 20.4. The Hall–Kier alpha value is -3.35. The lowest BCUT2D eigenvalue weighted by Gasteiger charge is -2.21. The van der Waals surface area contributed by atoms with E-state index in [9.17, 15) is 9.59 Å². The van der Waals surface area contributed by atoms with E-state index in [0.717, 1.165) is 16.6 Å². The zero-order valence-electron chi connectivity index (χ0n) is 18.9. The van der Waals surface area contributed by atoms with Gasteiger partial charge in [-0.05, 0) is 42.8 Å². The highest BCUT2D eigenvalue weighted by Crippen LogP contribution is 2.34. The molecule has 4 rings (SSSR count). The van der Waals surface area contributed by atoms with Gasteiger partial charge in [0.1, 0.15) is 12.4 Å². The van der Waals surface area contributed by atoms with Crippen LogP contribution in [0.5, 0.6) is 0 Å². The number of para-hydroxylation sites is 3. The van der Waals surface area contributed by atoms with Gasteiger partial charge >= 0.3 is 0 Å². The van der Waals surface area contributed by atoms with E-state index >= 15 is 0 Å². The number of fused-ring (bicyclic) bond motifs is 1. The van der Waals surface area contributed by atoms with E-state index in [-0.39, 0.29) is 18.4 Å². The fourth-order valence-corrected chi connectivity index (χ4v) is 4.27. The van der Waals surface area contributed by atoms with E-state index in [1.807, 2.05) is 66.1 Å². The van der Waals surface area contributed by atoms with Crippen molar-refractivity contribution < 1.29 is 9.59 Å². The van der Waals surface area contributed by atoms with E-state index in [0.29, 0.717) is 40.2 Å². The number of anilines is 1. The van der Waals surface area contributed by atoms with Gasteiger partial charge in [-0.2, -0.15) is 0 Å². The van der Waals surface area contributed by atoms with Crippen LogP contribution in [0.3, 0.4) is 0 Å². The van der Waals surface area contributed by atoms with Crippen LogP contribution in [0.2, 0.25) is 10.0 Å². The topological polar surface area (TPSA) is 67.2 Å². The van der Waals surface area contributed by atoms with Crippen LogP contribution >= 0.6 is 23.2 Å². The number of hydrogen-bond donors (Lipinski definition) is 1. The number of halogens is 2. The van der Waals surface area contributed by atoms with Crippen LogP contribution in [-0.2, 0) is 22.7 Å². The summed E-state index contributed by atoms with van der Waals surface area (Å²) in [5, 5.41) is 3.81. The number of rotatable bonds is 7. The highest BCUT2D eigenvalue weighted by Gasteiger charge is 2.19. The first-order valence-corrected chi connectivity index (χ1v) is 11.7. The molecule has 0 atom stereocenters. The van der Waals surface area contributed by atoms with Gasteiger partial charge in [0, 0.05) is 31.3 Å². The Kier molecular flexibility index (Phi) is 7.20. The number of nitrogens with zero attached hydrogens (tertiary/aromatic N) is 3. The van der Waals surface area contributed by atoms with E-state index in [2.05, 4.69) is 5.32 Å². The van der Waals surface area contributed by atoms with Gasteiger partial charge in [0.2, 0.25) is 11.8 Å². The minimum atomic E-state index is -0.221. The molecular weight excluding hydrogens is 471 g/mol. The second-order valence-electron chi connectivity index (χ2n) is 7.85. The molecule has 0 saturated heterocycles. The van der Waals surface area contributed by atoms with Crippen LogP contribution in [0.15, 0.2) is 66.7 Å². The minimum absolute atomic E-state index is 0.0171. The maximum absolute atomic E-state index is 13.2. The van der Waals surface area contributed by atoms with Crippen molar-refractivity contribution in [2.45, 2.75) is 26.9 Å². The summed E-state index contributed by atoms with van der Waals surface area (Å²) >= 11 is 12.7. The quantitative estimate of drug-likeness (QED) is 0.341. The average Bonchev–Trinajstić information content (AvgIpc) is 3.18. The summed E-state index contributed by atoms with van der Waals surface area (Å²) in [6, 6.07) is 20.4. The minimum Gasteiger partial charge on any atom is -0.339 e. The summed E-state index contributed by atoms with van der Waals surface area (Å²) in [6.07, 6.45) is 0. The molecule has 34 heavy (non-hydrogen) atoms. The predicted molar refractivity (Wildman–Crippen MR) is 137 cm³/mol. The van der Waals surface area contributed by atoms with Crippen LogP contribution < -0.4 is 5.32 Å². The normalized spacial score (nSPS) is 10.9. The third kappa shape index (κ3) is 4.93. The Bertz CT molecular complexity index is 1370. The van der Waals surface area contributed by atoms with Crippen molar-refractivity contribution in [2.24, 2.45) is 0 Å². The zero-order chi connectivity index (χ0) is 24.2. The molecule has 0 saturated carbocycles. The maximum Gasteiger partial charge on any atom is 0.244 e. The summed E-state index contributed by atoms with van der Waals surface area (Å²) in [5.74, 6) is 0.323. The summed E-state index contributed by atoms with van der Waals surface area (Å²) in [6.45, 7) is 4.49. The van der Waals surface area contributed by atoms with Crippen LogP contribution in [0.1, 0.15) is 19.4 Å². The SMILES string of the molecule is CCN(Cc1ccccc1NC(=O)Cn1c(-c2cccc(Cl)c2Cl)nc2ccccc21)C(C)=O. The van der Waals surface area contributed by atoms with E-state index in [1.54, 1.807) is 17.0 Å². The fourth-order valence-electron chi connectivity index (χ4n) is 3.88. The molecule has 2 amide bonds. The second-order valence-corrected chi connectivity index (χ2v) is 8.64. The van der Waals surface area contributed by atoms with Crippen LogP contribution in [0.4, 0.5) is 5.69 Å². The molecule has 0 unspecified atom stereocenters. The van der Waals surface area contributed by atoms with Gasteiger partial charge in [-0.15, -0.1) is 0 Å². The highest BCUT2D eigenvalue weighted by molar-refractivity contribution is 6.43. The van der Waals surface area contributed by atoms with Gasteiger partial charge in [0.15, 0.2) is 0 Å². The number of hydrogen-bond acceptors (Lipinski definition) is 3. The Labute approximate surface area is 208 Å². The van der Waals surface area contributed by atoms with Gasteiger partial charge in [0.05, 0.1) is 21.1 Å². The van der Waals surface area contributed by atoms with Crippen molar-refractivity contribution >= 4 is 51.7 Å². The molecule has 1 heterocycles. The van der Waals surface area contributed by atoms with Crippen molar-refractivity contribution in [1.82, 2.24) is 14.5 Å². The standard InChI is InChI=1S/C26H24Cl2N4O2/c1-3-31(17(2)33)15-18-9-4-5-12-21(18)29-24(34)16-32-23-14-7-6-13-22(23)30-26(32)19-10-8-11-20(27)25(19)28/h4-14H,3,15-16H2,1-2H3,(H,29,34). The highest BCUT2D eigenvalue weighted by atomic mass is 35.5. The number of imidazole rings is 1. The lowest BCUT2D eigenvalue weighted by Crippen LogP contribution is -2.28. The third-order valence-corrected chi connectivity index (χ3v) is 6.45. The summed E-state index contributed by atoms with van der Waals surface area (Å²) in [4.78, 5) is 31.5. The van der Waals surface area contributed by atoms with Crippen molar-refractivity contribution in [1.29, 1.82) is 0 Å². The van der Waals surface area contributed by atoms with E-state index in [1.165, 1.54) is 6.92 Å². The van der Waals surface area contributed by atoms with Crippen molar-refractivity contribution in [3.8, 4) is 11.4 Å². The number of carbonyl (C=O) groups is 2. The Morgan fingerprint density at radius 2 is 1.74 bits per heavy atom. The first kappa shape index (κ1) is 23.8. The number of carbonyl (C=O) groups excluding carboxylic acids is 2. The Balaban J connectivity index is 1.66. The molecule has 0 aliphatic heterocycles. The fraction of sp³-hybridized carbons (Fsp3) is 0.192. The molecule has 0 spiro atoms. The molecule has 0 radical (unpaired) electrons. The predicted octanol–water partition coefficient (Wildman–Crippen LogP) is 6.02. The number of aromatic nitrogens is 2. The molecule has 0 aliphatic rings. The maximum atomic E-state index is 13.2. The lowest BCUT2D eigenvalue weighted by atomic mass is 10.1. The van der Waals surface area contributed by atoms with E-state index < -0.39 is 0 Å². The molecule has 1 N–H and O–H groups in total. The molecule has 174 valence electrons. The van der Waals surface area contributed by atoms with E-state index in [4.69, 9.17) is 28.2 Å². The Morgan fingerprint density at radius 3 is 2.50 bits per heavy atom. The lowest BCUT2D eigenvalue weighted by molar-refractivity contribution is -0.129. The van der Waals surface area contributed by atoms with Crippen LogP contribution in [0, 0.1) is 0 Å². The molecule has 6 nitrogen and oxygen atoms in total. The number of benzene rings is 3. The molecule has 0 bridgehead atoms. The van der Waals surface area contributed by atoms with Crippen LogP contribution in [0.25, 0.3) is 22.4 Å².